The largest absolute Gasteiger partial charge is 0.480 e. The topological polar surface area (TPSA) is 98.0 Å². The minimum absolute atomic E-state index is 0.205. The fraction of sp³-hybridized carbons (Fsp3) is 0.458. The number of hydrogen-bond acceptors (Lipinski definition) is 6. The van der Waals surface area contributed by atoms with Gasteiger partial charge in [-0.25, -0.2) is 0 Å². The first kappa shape index (κ1) is 24.5. The number of carboxylic acids is 1. The van der Waals surface area contributed by atoms with Crippen LogP contribution in [-0.4, -0.2) is 37.1 Å². The van der Waals surface area contributed by atoms with E-state index in [1.165, 1.54) is 14.2 Å². The van der Waals surface area contributed by atoms with Crippen molar-refractivity contribution < 1.29 is 27.9 Å². The highest BCUT2D eigenvalue weighted by atomic mass is 31.2. The molecule has 0 saturated carbocycles. The van der Waals surface area contributed by atoms with Crippen molar-refractivity contribution in [3.05, 3.63) is 48.0 Å². The Morgan fingerprint density at radius 1 is 1.06 bits per heavy atom. The fourth-order valence-electron chi connectivity index (χ4n) is 3.96. The van der Waals surface area contributed by atoms with Gasteiger partial charge in [-0.05, 0) is 36.5 Å². The molecule has 1 aromatic heterocycles. The summed E-state index contributed by atoms with van der Waals surface area (Å²) in [7, 11) is -0.849. The summed E-state index contributed by atoms with van der Waals surface area (Å²) in [5, 5.41) is 14.9. The highest BCUT2D eigenvalue weighted by Crippen LogP contribution is 2.52. The van der Waals surface area contributed by atoms with Gasteiger partial charge in [-0.15, -0.1) is 0 Å². The molecule has 174 valence electrons. The minimum Gasteiger partial charge on any atom is -0.480 e. The molecule has 0 amide bonds. The van der Waals surface area contributed by atoms with Crippen LogP contribution in [-0.2, 0) is 24.8 Å². The summed E-state index contributed by atoms with van der Waals surface area (Å²) in [4.78, 5) is 12.1. The lowest BCUT2D eigenvalue weighted by molar-refractivity contribution is -0.139. The van der Waals surface area contributed by atoms with E-state index in [4.69, 9.17) is 13.5 Å². The number of carbonyl (C=O) groups is 1. The Balaban J connectivity index is 1.83. The SMILES string of the molecule is COP(=O)(OC)[C@H](CCCC(C)C)N[C@@H](Cc1ccc2c(c1)oc1ccccc12)C(=O)O. The molecule has 0 radical (unpaired) electrons. The van der Waals surface area contributed by atoms with Gasteiger partial charge in [0.2, 0.25) is 0 Å². The molecule has 2 aromatic carbocycles. The van der Waals surface area contributed by atoms with Gasteiger partial charge >= 0.3 is 13.6 Å². The fourth-order valence-corrected chi connectivity index (χ4v) is 5.48. The van der Waals surface area contributed by atoms with Crippen LogP contribution < -0.4 is 5.32 Å². The van der Waals surface area contributed by atoms with Crippen LogP contribution in [0, 0.1) is 5.92 Å². The highest BCUT2D eigenvalue weighted by Gasteiger charge is 2.36. The Morgan fingerprint density at radius 2 is 1.75 bits per heavy atom. The second-order valence-electron chi connectivity index (χ2n) is 8.44. The van der Waals surface area contributed by atoms with E-state index in [0.717, 1.165) is 34.8 Å². The number of benzene rings is 2. The number of rotatable bonds is 12. The molecule has 0 bridgehead atoms. The second-order valence-corrected chi connectivity index (χ2v) is 10.9. The second kappa shape index (κ2) is 10.6. The highest BCUT2D eigenvalue weighted by molar-refractivity contribution is 7.54. The van der Waals surface area contributed by atoms with Gasteiger partial charge in [0.15, 0.2) is 0 Å². The zero-order chi connectivity index (χ0) is 23.3. The first-order chi connectivity index (χ1) is 15.3. The van der Waals surface area contributed by atoms with Gasteiger partial charge in [0, 0.05) is 25.0 Å². The molecule has 7 nitrogen and oxygen atoms in total. The van der Waals surface area contributed by atoms with Crippen molar-refractivity contribution in [1.82, 2.24) is 5.32 Å². The predicted octanol–water partition coefficient (Wildman–Crippen LogP) is 5.81. The Kier molecular flexibility index (Phi) is 8.12. The summed E-state index contributed by atoms with van der Waals surface area (Å²) in [5.74, 6) is -1.25. The summed E-state index contributed by atoms with van der Waals surface area (Å²) >= 11 is 0. The molecule has 2 atom stereocenters. The smallest absolute Gasteiger partial charge is 0.346 e. The van der Waals surface area contributed by atoms with Crippen molar-refractivity contribution in [2.24, 2.45) is 5.92 Å². The van der Waals surface area contributed by atoms with Crippen LogP contribution in [0.15, 0.2) is 46.9 Å². The van der Waals surface area contributed by atoms with Crippen LogP contribution in [0.3, 0.4) is 0 Å². The molecular formula is C24H32NO6P. The number of furan rings is 1. The molecule has 1 heterocycles. The molecule has 2 N–H and O–H groups in total. The Labute approximate surface area is 188 Å². The van der Waals surface area contributed by atoms with E-state index in [1.54, 1.807) is 0 Å². The minimum atomic E-state index is -3.50. The lowest BCUT2D eigenvalue weighted by Crippen LogP contribution is -2.45. The maximum atomic E-state index is 13.1. The maximum absolute atomic E-state index is 13.1. The number of aliphatic carboxylic acids is 1. The molecule has 3 rings (SSSR count). The van der Waals surface area contributed by atoms with Crippen molar-refractivity contribution >= 4 is 35.5 Å². The van der Waals surface area contributed by atoms with Gasteiger partial charge in [-0.1, -0.05) is 57.0 Å². The molecule has 8 heteroatoms. The van der Waals surface area contributed by atoms with Crippen molar-refractivity contribution in [2.75, 3.05) is 14.2 Å². The van der Waals surface area contributed by atoms with E-state index in [-0.39, 0.29) is 6.42 Å². The number of hydrogen-bond donors (Lipinski definition) is 2. The van der Waals surface area contributed by atoms with Crippen LogP contribution in [0.2, 0.25) is 0 Å². The first-order valence-electron chi connectivity index (χ1n) is 10.9. The standard InChI is InChI=1S/C24H32NO6P/c1-16(2)8-7-11-23(32(28,29-3)30-4)25-20(24(26)27)14-17-12-13-19-18-9-5-6-10-21(18)31-22(19)15-17/h5-6,9-10,12-13,15-16,20,23,25H,7-8,11,14H2,1-4H3,(H,26,27)/t20-,23+/m0/s1. The third-order valence-corrected chi connectivity index (χ3v) is 7.91. The van der Waals surface area contributed by atoms with Gasteiger partial charge in [0.25, 0.3) is 0 Å². The van der Waals surface area contributed by atoms with Crippen LogP contribution in [0.4, 0.5) is 0 Å². The number of carboxylic acid groups (broad SMARTS) is 1. The van der Waals surface area contributed by atoms with E-state index >= 15 is 0 Å². The zero-order valence-corrected chi connectivity index (χ0v) is 19.9. The van der Waals surface area contributed by atoms with Crippen molar-refractivity contribution in [3.8, 4) is 0 Å². The molecule has 0 aliphatic heterocycles. The molecule has 0 aliphatic rings. The zero-order valence-electron chi connectivity index (χ0n) is 19.0. The quantitative estimate of drug-likeness (QED) is 0.329. The molecule has 0 aliphatic carbocycles. The Hall–Kier alpha value is -2.18. The molecule has 0 spiro atoms. The normalized spacial score (nSPS) is 14.3. The van der Waals surface area contributed by atoms with Crippen LogP contribution in [0.1, 0.15) is 38.7 Å². The van der Waals surface area contributed by atoms with Gasteiger partial charge in [0.05, 0.1) is 0 Å². The van der Waals surface area contributed by atoms with Crippen molar-refractivity contribution in [3.63, 3.8) is 0 Å². The lowest BCUT2D eigenvalue weighted by Gasteiger charge is -2.28. The summed E-state index contributed by atoms with van der Waals surface area (Å²) in [5.41, 5.74) is 2.31. The molecule has 0 unspecified atom stereocenters. The monoisotopic (exact) mass is 461 g/mol. The number of fused-ring (bicyclic) bond motifs is 3. The van der Waals surface area contributed by atoms with Gasteiger partial charge in [-0.2, -0.15) is 0 Å². The van der Waals surface area contributed by atoms with Crippen LogP contribution in [0.5, 0.6) is 0 Å². The van der Waals surface area contributed by atoms with E-state index in [1.807, 2.05) is 42.5 Å². The first-order valence-corrected chi connectivity index (χ1v) is 12.5. The maximum Gasteiger partial charge on any atom is 0.346 e. The Morgan fingerprint density at radius 3 is 2.41 bits per heavy atom. The summed E-state index contributed by atoms with van der Waals surface area (Å²) in [6, 6.07) is 12.5. The van der Waals surface area contributed by atoms with Crippen LogP contribution >= 0.6 is 7.60 Å². The summed E-state index contributed by atoms with van der Waals surface area (Å²) in [6.45, 7) is 4.23. The van der Waals surface area contributed by atoms with E-state index < -0.39 is 25.4 Å². The lowest BCUT2D eigenvalue weighted by atomic mass is 10.0. The Bertz CT molecular complexity index is 1100. The third-order valence-electron chi connectivity index (χ3n) is 5.72. The third kappa shape index (κ3) is 5.59. The molecule has 32 heavy (non-hydrogen) atoms. The van der Waals surface area contributed by atoms with Gasteiger partial charge in [-0.3, -0.25) is 14.7 Å². The summed E-state index contributed by atoms with van der Waals surface area (Å²) < 4.78 is 29.4. The van der Waals surface area contributed by atoms with Gasteiger partial charge in [0.1, 0.15) is 23.0 Å². The molecule has 0 fully saturated rings. The average molecular weight is 461 g/mol. The average Bonchev–Trinajstić information content (AvgIpc) is 3.14. The van der Waals surface area contributed by atoms with E-state index in [9.17, 15) is 14.5 Å². The summed E-state index contributed by atoms with van der Waals surface area (Å²) in [6.07, 6.45) is 2.41. The van der Waals surface area contributed by atoms with Gasteiger partial charge < -0.3 is 18.6 Å². The van der Waals surface area contributed by atoms with E-state index in [2.05, 4.69) is 19.2 Å². The molecular weight excluding hydrogens is 429 g/mol. The molecule has 3 aromatic rings. The number of para-hydroxylation sites is 1. The van der Waals surface area contributed by atoms with E-state index in [0.29, 0.717) is 17.9 Å². The number of nitrogens with one attached hydrogen (secondary N) is 1. The van der Waals surface area contributed by atoms with Crippen LogP contribution in [0.25, 0.3) is 21.9 Å². The van der Waals surface area contributed by atoms with Crippen molar-refractivity contribution in [2.45, 2.75) is 51.4 Å². The predicted molar refractivity (Wildman–Crippen MR) is 126 cm³/mol. The molecule has 0 saturated heterocycles. The van der Waals surface area contributed by atoms with Crippen molar-refractivity contribution in [1.29, 1.82) is 0 Å².